The van der Waals surface area contributed by atoms with E-state index in [0.29, 0.717) is 6.04 Å². The summed E-state index contributed by atoms with van der Waals surface area (Å²) in [6, 6.07) is 2.45. The number of rotatable bonds is 4. The summed E-state index contributed by atoms with van der Waals surface area (Å²) in [6.45, 7) is 2.23. The Balaban J connectivity index is 1.96. The largest absolute Gasteiger partial charge is 0.373 e. The number of nitrogens with one attached hydrogen (secondary N) is 2. The van der Waals surface area contributed by atoms with Gasteiger partial charge in [-0.15, -0.1) is 0 Å². The highest BCUT2D eigenvalue weighted by molar-refractivity contribution is 5.46. The minimum absolute atomic E-state index is 0.512. The van der Waals surface area contributed by atoms with Crippen LogP contribution >= 0.6 is 0 Å². The Hall–Kier alpha value is -1.32. The second-order valence-electron chi connectivity index (χ2n) is 4.16. The zero-order chi connectivity index (χ0) is 10.7. The number of nitrogens with zero attached hydrogens (tertiary/aromatic N) is 2. The first-order chi connectivity index (χ1) is 7.29. The van der Waals surface area contributed by atoms with Gasteiger partial charge in [0.15, 0.2) is 0 Å². The van der Waals surface area contributed by atoms with Crippen LogP contribution in [0.2, 0.25) is 0 Å². The summed E-state index contributed by atoms with van der Waals surface area (Å²) in [6.07, 6.45) is 5.65. The van der Waals surface area contributed by atoms with Crippen LogP contribution in [-0.2, 0) is 0 Å². The Morgan fingerprint density at radius 3 is 2.67 bits per heavy atom. The molecule has 1 aromatic rings. The van der Waals surface area contributed by atoms with Gasteiger partial charge in [0.05, 0.1) is 0 Å². The normalized spacial score (nSPS) is 18.0. The Kier molecular flexibility index (Phi) is 3.04. The molecule has 4 nitrogen and oxygen atoms in total. The molecule has 4 heteroatoms. The van der Waals surface area contributed by atoms with Gasteiger partial charge in [0.1, 0.15) is 18.0 Å². The minimum atomic E-state index is 0.512. The SMILES string of the molecule is CNc1cc(NC(C)C2CCC2)ncn1. The first-order valence-electron chi connectivity index (χ1n) is 5.56. The molecule has 1 aliphatic rings. The van der Waals surface area contributed by atoms with Gasteiger partial charge in [0.25, 0.3) is 0 Å². The number of anilines is 2. The fourth-order valence-corrected chi connectivity index (χ4v) is 1.86. The maximum atomic E-state index is 4.21. The molecule has 1 aromatic heterocycles. The van der Waals surface area contributed by atoms with E-state index >= 15 is 0 Å². The van der Waals surface area contributed by atoms with E-state index in [9.17, 15) is 0 Å². The van der Waals surface area contributed by atoms with Crippen LogP contribution in [-0.4, -0.2) is 23.1 Å². The first kappa shape index (κ1) is 10.2. The van der Waals surface area contributed by atoms with Gasteiger partial charge >= 0.3 is 0 Å². The summed E-state index contributed by atoms with van der Waals surface area (Å²) in [4.78, 5) is 8.29. The third kappa shape index (κ3) is 2.37. The zero-order valence-corrected chi connectivity index (χ0v) is 9.33. The van der Waals surface area contributed by atoms with Gasteiger partial charge in [0.2, 0.25) is 0 Å². The summed E-state index contributed by atoms with van der Waals surface area (Å²) < 4.78 is 0. The number of hydrogen-bond acceptors (Lipinski definition) is 4. The number of hydrogen-bond donors (Lipinski definition) is 2. The van der Waals surface area contributed by atoms with E-state index in [1.54, 1.807) is 6.33 Å². The predicted molar refractivity (Wildman–Crippen MR) is 62.0 cm³/mol. The van der Waals surface area contributed by atoms with Crippen molar-refractivity contribution in [3.05, 3.63) is 12.4 Å². The topological polar surface area (TPSA) is 49.8 Å². The van der Waals surface area contributed by atoms with E-state index in [1.165, 1.54) is 19.3 Å². The molecule has 1 saturated carbocycles. The highest BCUT2D eigenvalue weighted by Crippen LogP contribution is 2.30. The van der Waals surface area contributed by atoms with E-state index < -0.39 is 0 Å². The standard InChI is InChI=1S/C11H18N4/c1-8(9-4-3-5-9)15-11-6-10(12-2)13-7-14-11/h6-9H,3-5H2,1-2H3,(H2,12,13,14,15). The van der Waals surface area contributed by atoms with Crippen molar-refractivity contribution in [3.63, 3.8) is 0 Å². The van der Waals surface area contributed by atoms with Crippen LogP contribution in [0.4, 0.5) is 11.6 Å². The second kappa shape index (κ2) is 4.47. The van der Waals surface area contributed by atoms with Crippen molar-refractivity contribution < 1.29 is 0 Å². The van der Waals surface area contributed by atoms with Crippen LogP contribution in [0.5, 0.6) is 0 Å². The minimum Gasteiger partial charge on any atom is -0.373 e. The van der Waals surface area contributed by atoms with Crippen LogP contribution in [0.1, 0.15) is 26.2 Å². The maximum absolute atomic E-state index is 4.21. The van der Waals surface area contributed by atoms with Crippen molar-refractivity contribution >= 4 is 11.6 Å². The predicted octanol–water partition coefficient (Wildman–Crippen LogP) is 2.12. The molecule has 0 saturated heterocycles. The lowest BCUT2D eigenvalue weighted by atomic mass is 9.80. The molecule has 82 valence electrons. The smallest absolute Gasteiger partial charge is 0.131 e. The Morgan fingerprint density at radius 1 is 1.33 bits per heavy atom. The molecule has 1 atom stereocenters. The molecule has 15 heavy (non-hydrogen) atoms. The molecule has 2 N–H and O–H groups in total. The maximum Gasteiger partial charge on any atom is 0.131 e. The molecular weight excluding hydrogens is 188 g/mol. The molecule has 2 rings (SSSR count). The van der Waals surface area contributed by atoms with E-state index in [-0.39, 0.29) is 0 Å². The van der Waals surface area contributed by atoms with Crippen molar-refractivity contribution in [2.75, 3.05) is 17.7 Å². The van der Waals surface area contributed by atoms with Gasteiger partial charge in [-0.1, -0.05) is 6.42 Å². The van der Waals surface area contributed by atoms with Crippen molar-refractivity contribution in [1.29, 1.82) is 0 Å². The molecule has 0 spiro atoms. The van der Waals surface area contributed by atoms with Crippen molar-refractivity contribution in [2.45, 2.75) is 32.2 Å². The van der Waals surface area contributed by atoms with E-state index in [0.717, 1.165) is 17.6 Å². The molecular formula is C11H18N4. The lowest BCUT2D eigenvalue weighted by Crippen LogP contribution is -2.31. The quantitative estimate of drug-likeness (QED) is 0.792. The van der Waals surface area contributed by atoms with Crippen molar-refractivity contribution in [3.8, 4) is 0 Å². The average Bonchev–Trinajstić information content (AvgIpc) is 2.15. The monoisotopic (exact) mass is 206 g/mol. The van der Waals surface area contributed by atoms with E-state index in [4.69, 9.17) is 0 Å². The number of aromatic nitrogens is 2. The first-order valence-corrected chi connectivity index (χ1v) is 5.56. The Labute approximate surface area is 90.5 Å². The lowest BCUT2D eigenvalue weighted by molar-refractivity contribution is 0.285. The summed E-state index contributed by atoms with van der Waals surface area (Å²) >= 11 is 0. The van der Waals surface area contributed by atoms with Gasteiger partial charge in [-0.05, 0) is 25.7 Å². The Bertz CT molecular complexity index is 322. The second-order valence-corrected chi connectivity index (χ2v) is 4.16. The summed E-state index contributed by atoms with van der Waals surface area (Å²) in [5, 5.41) is 6.43. The van der Waals surface area contributed by atoms with Gasteiger partial charge in [-0.2, -0.15) is 0 Å². The summed E-state index contributed by atoms with van der Waals surface area (Å²) in [5.41, 5.74) is 0. The molecule has 0 aliphatic heterocycles. The summed E-state index contributed by atoms with van der Waals surface area (Å²) in [7, 11) is 1.86. The molecule has 0 amide bonds. The zero-order valence-electron chi connectivity index (χ0n) is 9.33. The van der Waals surface area contributed by atoms with Crippen LogP contribution in [0, 0.1) is 5.92 Å². The van der Waals surface area contributed by atoms with E-state index in [1.807, 2.05) is 13.1 Å². The Morgan fingerprint density at radius 2 is 2.07 bits per heavy atom. The lowest BCUT2D eigenvalue weighted by Gasteiger charge is -2.32. The third-order valence-electron chi connectivity index (χ3n) is 3.16. The van der Waals surface area contributed by atoms with Crippen molar-refractivity contribution in [1.82, 2.24) is 9.97 Å². The molecule has 1 unspecified atom stereocenters. The van der Waals surface area contributed by atoms with Gasteiger partial charge < -0.3 is 10.6 Å². The molecule has 0 bridgehead atoms. The fourth-order valence-electron chi connectivity index (χ4n) is 1.86. The molecule has 1 aliphatic carbocycles. The van der Waals surface area contributed by atoms with Crippen molar-refractivity contribution in [2.24, 2.45) is 5.92 Å². The summed E-state index contributed by atoms with van der Waals surface area (Å²) in [5.74, 6) is 2.58. The molecule has 0 aromatic carbocycles. The molecule has 1 fully saturated rings. The van der Waals surface area contributed by atoms with Crippen LogP contribution in [0.25, 0.3) is 0 Å². The highest BCUT2D eigenvalue weighted by atomic mass is 15.1. The van der Waals surface area contributed by atoms with Crippen LogP contribution in [0.3, 0.4) is 0 Å². The van der Waals surface area contributed by atoms with Gasteiger partial charge in [-0.3, -0.25) is 0 Å². The fraction of sp³-hybridized carbons (Fsp3) is 0.636. The van der Waals surface area contributed by atoms with E-state index in [2.05, 4.69) is 27.5 Å². The average molecular weight is 206 g/mol. The third-order valence-corrected chi connectivity index (χ3v) is 3.16. The highest BCUT2D eigenvalue weighted by Gasteiger charge is 2.23. The molecule has 0 radical (unpaired) electrons. The van der Waals surface area contributed by atoms with Crippen LogP contribution < -0.4 is 10.6 Å². The van der Waals surface area contributed by atoms with Gasteiger partial charge in [-0.25, -0.2) is 9.97 Å². The molecule has 1 heterocycles. The van der Waals surface area contributed by atoms with Gasteiger partial charge in [0, 0.05) is 19.2 Å². The van der Waals surface area contributed by atoms with Crippen LogP contribution in [0.15, 0.2) is 12.4 Å².